The van der Waals surface area contributed by atoms with Crippen molar-refractivity contribution in [1.82, 2.24) is 30.9 Å². The highest BCUT2D eigenvalue weighted by atomic mass is 16.4. The molecular formula is C29H41N7O5. The van der Waals surface area contributed by atoms with E-state index in [1.807, 2.05) is 52.0 Å². The Labute approximate surface area is 239 Å². The van der Waals surface area contributed by atoms with Crippen LogP contribution in [0.1, 0.15) is 51.8 Å². The number of aromatic nitrogens is 3. The molecule has 5 atom stereocenters. The number of nitrogens with one attached hydrogen (secondary N) is 5. The van der Waals surface area contributed by atoms with Crippen LogP contribution in [-0.4, -0.2) is 67.9 Å². The molecule has 3 rings (SSSR count). The molecule has 0 aliphatic carbocycles. The first-order valence-electron chi connectivity index (χ1n) is 13.9. The maximum absolute atomic E-state index is 13.7. The summed E-state index contributed by atoms with van der Waals surface area (Å²) in [6.45, 7) is 7.50. The number of nitrogens with zero attached hydrogens (tertiary/aromatic N) is 1. The van der Waals surface area contributed by atoms with Crippen LogP contribution in [0.15, 0.2) is 43.0 Å². The van der Waals surface area contributed by atoms with Gasteiger partial charge in [-0.1, -0.05) is 52.3 Å². The summed E-state index contributed by atoms with van der Waals surface area (Å²) in [7, 11) is 0. The Balaban J connectivity index is 1.89. The van der Waals surface area contributed by atoms with Crippen molar-refractivity contribution in [3.8, 4) is 0 Å². The van der Waals surface area contributed by atoms with E-state index in [1.54, 1.807) is 12.4 Å². The summed E-state index contributed by atoms with van der Waals surface area (Å²) in [5.74, 6) is -2.99. The largest absolute Gasteiger partial charge is 0.480 e. The van der Waals surface area contributed by atoms with Gasteiger partial charge in [0.25, 0.3) is 0 Å². The molecular weight excluding hydrogens is 526 g/mol. The average molecular weight is 568 g/mol. The van der Waals surface area contributed by atoms with Gasteiger partial charge >= 0.3 is 5.97 Å². The molecule has 3 amide bonds. The van der Waals surface area contributed by atoms with Crippen molar-refractivity contribution in [3.05, 3.63) is 54.2 Å². The summed E-state index contributed by atoms with van der Waals surface area (Å²) < 4.78 is 0. The molecule has 12 nitrogen and oxygen atoms in total. The molecule has 0 spiro atoms. The number of carboxylic acid groups (broad SMARTS) is 1. The molecule has 0 aliphatic heterocycles. The molecule has 222 valence electrons. The van der Waals surface area contributed by atoms with Crippen molar-refractivity contribution < 1.29 is 24.3 Å². The fourth-order valence-electron chi connectivity index (χ4n) is 4.57. The lowest BCUT2D eigenvalue weighted by Crippen LogP contribution is -2.58. The van der Waals surface area contributed by atoms with Crippen LogP contribution in [0.3, 0.4) is 0 Å². The highest BCUT2D eigenvalue weighted by molar-refractivity contribution is 5.95. The van der Waals surface area contributed by atoms with Crippen molar-refractivity contribution in [2.45, 2.75) is 77.5 Å². The SMILES string of the molecule is CCC(C)C(N)C(=O)NC(Cc1cnc[nH]1)C(=O)NC(Cc1c[nH]c2ccccc12)C(=O)NC(CC(C)C)C(=O)O. The molecule has 12 heteroatoms. The number of hydrogen-bond donors (Lipinski definition) is 7. The lowest BCUT2D eigenvalue weighted by Gasteiger charge is -2.26. The third-order valence-corrected chi connectivity index (χ3v) is 7.23. The van der Waals surface area contributed by atoms with Gasteiger partial charge in [0.2, 0.25) is 17.7 Å². The maximum atomic E-state index is 13.7. The number of benzene rings is 1. The van der Waals surface area contributed by atoms with Crippen molar-refractivity contribution in [2.75, 3.05) is 0 Å². The highest BCUT2D eigenvalue weighted by Gasteiger charge is 2.32. The minimum absolute atomic E-state index is 0.0155. The van der Waals surface area contributed by atoms with Gasteiger partial charge in [0.15, 0.2) is 0 Å². The smallest absolute Gasteiger partial charge is 0.326 e. The Bertz CT molecular complexity index is 1320. The molecule has 0 saturated carbocycles. The summed E-state index contributed by atoms with van der Waals surface area (Å²) in [4.78, 5) is 62.1. The number of para-hydroxylation sites is 1. The number of imidazole rings is 1. The van der Waals surface area contributed by atoms with E-state index in [0.717, 1.165) is 16.5 Å². The summed E-state index contributed by atoms with van der Waals surface area (Å²) in [6, 6.07) is 3.40. The molecule has 0 fully saturated rings. The van der Waals surface area contributed by atoms with Gasteiger partial charge < -0.3 is 36.8 Å². The van der Waals surface area contributed by atoms with Gasteiger partial charge in [0, 0.05) is 41.8 Å². The van der Waals surface area contributed by atoms with Crippen molar-refractivity contribution in [2.24, 2.45) is 17.6 Å². The zero-order valence-electron chi connectivity index (χ0n) is 23.9. The standard InChI is InChI=1S/C29H41N7O5/c1-5-17(4)25(30)28(39)35-23(12-19-14-31-15-33-19)27(38)34-22(26(37)36-24(29(40)41)10-16(2)3)11-18-13-32-21-9-7-6-8-20(18)21/h6-9,13-17,22-25,32H,5,10-12,30H2,1-4H3,(H,31,33)(H,34,38)(H,35,39)(H,36,37)(H,40,41). The van der Waals surface area contributed by atoms with Crippen LogP contribution in [0.2, 0.25) is 0 Å². The van der Waals surface area contributed by atoms with E-state index in [9.17, 15) is 24.3 Å². The van der Waals surface area contributed by atoms with Crippen LogP contribution in [0, 0.1) is 11.8 Å². The Morgan fingerprint density at radius 2 is 1.56 bits per heavy atom. The zero-order chi connectivity index (χ0) is 30.1. The molecule has 41 heavy (non-hydrogen) atoms. The van der Waals surface area contributed by atoms with E-state index < -0.39 is 47.9 Å². The number of aliphatic carboxylic acids is 1. The van der Waals surface area contributed by atoms with E-state index in [0.29, 0.717) is 12.1 Å². The fourth-order valence-corrected chi connectivity index (χ4v) is 4.57. The Morgan fingerprint density at radius 1 is 0.927 bits per heavy atom. The molecule has 8 N–H and O–H groups in total. The van der Waals surface area contributed by atoms with Gasteiger partial charge in [-0.3, -0.25) is 14.4 Å². The average Bonchev–Trinajstić information content (AvgIpc) is 3.60. The third-order valence-electron chi connectivity index (χ3n) is 7.23. The van der Waals surface area contributed by atoms with Crippen LogP contribution in [0.4, 0.5) is 0 Å². The molecule has 2 heterocycles. The Morgan fingerprint density at radius 3 is 2.17 bits per heavy atom. The van der Waals surface area contributed by atoms with Crippen LogP contribution in [-0.2, 0) is 32.0 Å². The van der Waals surface area contributed by atoms with E-state index in [-0.39, 0.29) is 31.1 Å². The van der Waals surface area contributed by atoms with Gasteiger partial charge in [-0.15, -0.1) is 0 Å². The van der Waals surface area contributed by atoms with Gasteiger partial charge in [0.05, 0.1) is 12.4 Å². The van der Waals surface area contributed by atoms with Crippen LogP contribution < -0.4 is 21.7 Å². The van der Waals surface area contributed by atoms with Crippen LogP contribution >= 0.6 is 0 Å². The van der Waals surface area contributed by atoms with Gasteiger partial charge in [-0.25, -0.2) is 9.78 Å². The zero-order valence-corrected chi connectivity index (χ0v) is 23.9. The molecule has 1 aromatic carbocycles. The molecule has 0 bridgehead atoms. The van der Waals surface area contributed by atoms with Gasteiger partial charge in [-0.05, 0) is 29.9 Å². The van der Waals surface area contributed by atoms with Crippen molar-refractivity contribution in [3.63, 3.8) is 0 Å². The third kappa shape index (κ3) is 8.65. The predicted octanol–water partition coefficient (Wildman–Crippen LogP) is 1.63. The first-order valence-corrected chi connectivity index (χ1v) is 13.9. The number of nitrogens with two attached hydrogens (primary N) is 1. The molecule has 3 aromatic rings. The van der Waals surface area contributed by atoms with Crippen molar-refractivity contribution in [1.29, 1.82) is 0 Å². The number of amides is 3. The number of hydrogen-bond acceptors (Lipinski definition) is 6. The maximum Gasteiger partial charge on any atom is 0.326 e. The quantitative estimate of drug-likeness (QED) is 0.145. The summed E-state index contributed by atoms with van der Waals surface area (Å²) in [6.07, 6.45) is 5.84. The minimum Gasteiger partial charge on any atom is -0.480 e. The number of carboxylic acids is 1. The topological polar surface area (TPSA) is 195 Å². The fraction of sp³-hybridized carbons (Fsp3) is 0.483. The summed E-state index contributed by atoms with van der Waals surface area (Å²) in [5.41, 5.74) is 8.35. The second kappa shape index (κ2) is 14.4. The normalized spacial score (nSPS) is 15.1. The molecule has 0 saturated heterocycles. The lowest BCUT2D eigenvalue weighted by molar-refractivity contribution is -0.142. The van der Waals surface area contributed by atoms with E-state index in [4.69, 9.17) is 5.73 Å². The predicted molar refractivity (Wildman–Crippen MR) is 155 cm³/mol. The monoisotopic (exact) mass is 567 g/mol. The highest BCUT2D eigenvalue weighted by Crippen LogP contribution is 2.19. The van der Waals surface area contributed by atoms with Gasteiger partial charge in [-0.2, -0.15) is 0 Å². The first-order chi connectivity index (χ1) is 19.5. The van der Waals surface area contributed by atoms with E-state index in [1.165, 1.54) is 6.33 Å². The lowest BCUT2D eigenvalue weighted by atomic mass is 9.98. The number of rotatable bonds is 15. The summed E-state index contributed by atoms with van der Waals surface area (Å²) >= 11 is 0. The number of carbonyl (C=O) groups excluding carboxylic acids is 3. The van der Waals surface area contributed by atoms with Crippen LogP contribution in [0.25, 0.3) is 10.9 Å². The number of fused-ring (bicyclic) bond motifs is 1. The Kier molecular flexibility index (Phi) is 11.0. The number of aromatic amines is 2. The Hall–Kier alpha value is -4.19. The molecule has 0 radical (unpaired) electrons. The summed E-state index contributed by atoms with van der Waals surface area (Å²) in [5, 5.41) is 18.7. The second-order valence-electron chi connectivity index (χ2n) is 10.9. The van der Waals surface area contributed by atoms with Crippen molar-refractivity contribution >= 4 is 34.6 Å². The second-order valence-corrected chi connectivity index (χ2v) is 10.9. The number of H-pyrrole nitrogens is 2. The molecule has 2 aromatic heterocycles. The first kappa shape index (κ1) is 31.3. The molecule has 5 unspecified atom stereocenters. The molecule has 0 aliphatic rings. The van der Waals surface area contributed by atoms with Crippen LogP contribution in [0.5, 0.6) is 0 Å². The number of carbonyl (C=O) groups is 4. The van der Waals surface area contributed by atoms with E-state index >= 15 is 0 Å². The van der Waals surface area contributed by atoms with Gasteiger partial charge in [0.1, 0.15) is 18.1 Å². The van der Waals surface area contributed by atoms with E-state index in [2.05, 4.69) is 30.9 Å². The minimum atomic E-state index is -1.16.